The van der Waals surface area contributed by atoms with E-state index < -0.39 is 0 Å². The van der Waals surface area contributed by atoms with E-state index in [4.69, 9.17) is 0 Å². The maximum atomic E-state index is 12.7. The van der Waals surface area contributed by atoms with Crippen molar-refractivity contribution in [2.45, 2.75) is 0 Å². The Kier molecular flexibility index (Phi) is 4.55. The second kappa shape index (κ2) is 5.70. The Morgan fingerprint density at radius 2 is 1.88 bits per heavy atom. The first kappa shape index (κ1) is 12.8. The maximum absolute atomic E-state index is 12.7. The van der Waals surface area contributed by atoms with E-state index in [1.54, 1.807) is 10.3 Å². The molecule has 0 fully saturated rings. The van der Waals surface area contributed by atoms with Crippen molar-refractivity contribution in [1.82, 2.24) is 4.90 Å². The summed E-state index contributed by atoms with van der Waals surface area (Å²) in [4.78, 5) is 13.8. The van der Waals surface area contributed by atoms with Gasteiger partial charge in [0.15, 0.2) is 0 Å². The highest BCUT2D eigenvalue weighted by molar-refractivity contribution is 8.01. The second-order valence-corrected chi connectivity index (χ2v) is 4.18. The van der Waals surface area contributed by atoms with E-state index in [-0.39, 0.29) is 11.6 Å². The summed E-state index contributed by atoms with van der Waals surface area (Å²) in [6, 6.07) is 5.57. The Balaban J connectivity index is 3.00. The summed E-state index contributed by atoms with van der Waals surface area (Å²) < 4.78 is 12.7. The number of hydrogen-bond acceptors (Lipinski definition) is 3. The normalized spacial score (nSPS) is 11.4. The average Bonchev–Trinajstić information content (AvgIpc) is 2.25. The standard InChI is InChI=1S/C12H14FNOS/c1-14(2)11(8-16-3)12(15)9-4-6-10(13)7-5-9/h4-8H,1-3H3/b11-8-. The van der Waals surface area contributed by atoms with Gasteiger partial charge in [-0.25, -0.2) is 4.39 Å². The molecule has 0 aromatic heterocycles. The van der Waals surface area contributed by atoms with E-state index in [1.807, 2.05) is 20.4 Å². The minimum atomic E-state index is -0.336. The van der Waals surface area contributed by atoms with Crippen molar-refractivity contribution in [1.29, 1.82) is 0 Å². The van der Waals surface area contributed by atoms with Crippen LogP contribution in [-0.4, -0.2) is 31.0 Å². The van der Waals surface area contributed by atoms with Gasteiger partial charge in [0.1, 0.15) is 5.82 Å². The molecule has 0 saturated carbocycles. The van der Waals surface area contributed by atoms with Gasteiger partial charge in [-0.05, 0) is 35.9 Å². The molecule has 1 rings (SSSR count). The van der Waals surface area contributed by atoms with Gasteiger partial charge in [0.25, 0.3) is 0 Å². The van der Waals surface area contributed by atoms with E-state index in [9.17, 15) is 9.18 Å². The minimum absolute atomic E-state index is 0.0978. The Morgan fingerprint density at radius 1 is 1.31 bits per heavy atom. The monoisotopic (exact) mass is 239 g/mol. The van der Waals surface area contributed by atoms with Crippen LogP contribution in [0, 0.1) is 5.82 Å². The van der Waals surface area contributed by atoms with Gasteiger partial charge < -0.3 is 4.90 Å². The van der Waals surface area contributed by atoms with Crippen LogP contribution in [0.4, 0.5) is 4.39 Å². The Labute approximate surface area is 99.1 Å². The number of rotatable bonds is 4. The number of Topliss-reactive ketones (excluding diaryl/α,β-unsaturated/α-hetero) is 1. The minimum Gasteiger partial charge on any atom is -0.374 e. The number of carbonyl (C=O) groups is 1. The van der Waals surface area contributed by atoms with Gasteiger partial charge in [0.05, 0.1) is 5.70 Å². The molecule has 1 aromatic carbocycles. The molecule has 4 heteroatoms. The molecule has 0 aliphatic carbocycles. The number of likely N-dealkylation sites (N-methyl/N-ethyl adjacent to an activating group) is 1. The molecule has 0 saturated heterocycles. The van der Waals surface area contributed by atoms with Crippen LogP contribution < -0.4 is 0 Å². The van der Waals surface area contributed by atoms with Gasteiger partial charge in [-0.15, -0.1) is 11.8 Å². The van der Waals surface area contributed by atoms with Crippen LogP contribution in [0.5, 0.6) is 0 Å². The van der Waals surface area contributed by atoms with Crippen molar-refractivity contribution in [2.24, 2.45) is 0 Å². The zero-order chi connectivity index (χ0) is 12.1. The smallest absolute Gasteiger partial charge is 0.209 e. The highest BCUT2D eigenvalue weighted by Gasteiger charge is 2.13. The van der Waals surface area contributed by atoms with Crippen LogP contribution in [0.1, 0.15) is 10.4 Å². The summed E-state index contributed by atoms with van der Waals surface area (Å²) in [6.07, 6.45) is 1.89. The zero-order valence-corrected chi connectivity index (χ0v) is 10.3. The van der Waals surface area contributed by atoms with Gasteiger partial charge in [0, 0.05) is 19.7 Å². The molecule has 0 aliphatic heterocycles. The molecule has 2 nitrogen and oxygen atoms in total. The third-order valence-corrected chi connectivity index (χ3v) is 2.51. The molecule has 0 atom stereocenters. The Bertz CT molecular complexity index is 398. The predicted octanol–water partition coefficient (Wildman–Crippen LogP) is 2.77. The van der Waals surface area contributed by atoms with E-state index >= 15 is 0 Å². The number of halogens is 1. The SMILES string of the molecule is CS/C=C(/C(=O)c1ccc(F)cc1)N(C)C. The Morgan fingerprint density at radius 3 is 2.31 bits per heavy atom. The lowest BCUT2D eigenvalue weighted by Gasteiger charge is -2.15. The third-order valence-electron chi connectivity index (χ3n) is 2.05. The summed E-state index contributed by atoms with van der Waals surface area (Å²) in [5, 5.41) is 1.78. The predicted molar refractivity (Wildman–Crippen MR) is 66.0 cm³/mol. The summed E-state index contributed by atoms with van der Waals surface area (Å²) in [6.45, 7) is 0. The quantitative estimate of drug-likeness (QED) is 0.595. The van der Waals surface area contributed by atoms with Crippen LogP contribution in [0.25, 0.3) is 0 Å². The van der Waals surface area contributed by atoms with Gasteiger partial charge in [-0.3, -0.25) is 4.79 Å². The molecule has 0 unspecified atom stereocenters. The molecule has 16 heavy (non-hydrogen) atoms. The van der Waals surface area contributed by atoms with Crippen LogP contribution in [0.3, 0.4) is 0 Å². The van der Waals surface area contributed by atoms with Crippen molar-refractivity contribution in [3.05, 3.63) is 46.8 Å². The summed E-state index contributed by atoms with van der Waals surface area (Å²) in [7, 11) is 3.62. The fourth-order valence-corrected chi connectivity index (χ4v) is 1.76. The molecule has 0 bridgehead atoms. The highest BCUT2D eigenvalue weighted by Crippen LogP contribution is 2.14. The molecule has 0 heterocycles. The average molecular weight is 239 g/mol. The lowest BCUT2D eigenvalue weighted by atomic mass is 10.1. The molecule has 0 radical (unpaired) electrons. The van der Waals surface area contributed by atoms with Crippen LogP contribution >= 0.6 is 11.8 Å². The van der Waals surface area contributed by atoms with Crippen molar-refractivity contribution in [2.75, 3.05) is 20.4 Å². The van der Waals surface area contributed by atoms with E-state index in [0.717, 1.165) is 0 Å². The van der Waals surface area contributed by atoms with Crippen molar-refractivity contribution < 1.29 is 9.18 Å². The maximum Gasteiger partial charge on any atom is 0.209 e. The van der Waals surface area contributed by atoms with Gasteiger partial charge in [-0.1, -0.05) is 0 Å². The first-order valence-electron chi connectivity index (χ1n) is 4.77. The topological polar surface area (TPSA) is 20.3 Å². The van der Waals surface area contributed by atoms with Gasteiger partial charge >= 0.3 is 0 Å². The lowest BCUT2D eigenvalue weighted by molar-refractivity contribution is 0.100. The van der Waals surface area contributed by atoms with Crippen LogP contribution in [0.2, 0.25) is 0 Å². The van der Waals surface area contributed by atoms with Crippen molar-refractivity contribution >= 4 is 17.5 Å². The number of benzene rings is 1. The molecule has 0 N–H and O–H groups in total. The second-order valence-electron chi connectivity index (χ2n) is 3.47. The van der Waals surface area contributed by atoms with Gasteiger partial charge in [-0.2, -0.15) is 0 Å². The van der Waals surface area contributed by atoms with Crippen LogP contribution in [-0.2, 0) is 0 Å². The summed E-state index contributed by atoms with van der Waals surface area (Å²) in [5.74, 6) is -0.434. The number of hydrogen-bond donors (Lipinski definition) is 0. The van der Waals surface area contributed by atoms with Gasteiger partial charge in [0.2, 0.25) is 5.78 Å². The fraction of sp³-hybridized carbons (Fsp3) is 0.250. The number of ketones is 1. The van der Waals surface area contributed by atoms with Crippen molar-refractivity contribution in [3.63, 3.8) is 0 Å². The molecular formula is C12H14FNOS. The molecule has 86 valence electrons. The summed E-state index contributed by atoms with van der Waals surface area (Å²) in [5.41, 5.74) is 1.09. The number of nitrogens with zero attached hydrogens (tertiary/aromatic N) is 1. The molecule has 0 amide bonds. The molecule has 0 aliphatic rings. The Hall–Kier alpha value is -1.29. The molecular weight excluding hydrogens is 225 g/mol. The zero-order valence-electron chi connectivity index (χ0n) is 9.53. The first-order chi connectivity index (χ1) is 7.56. The van der Waals surface area contributed by atoms with E-state index in [1.165, 1.54) is 36.0 Å². The largest absolute Gasteiger partial charge is 0.374 e. The number of thioether (sulfide) groups is 1. The molecule has 0 spiro atoms. The highest BCUT2D eigenvalue weighted by atomic mass is 32.2. The van der Waals surface area contributed by atoms with E-state index in [2.05, 4.69) is 0 Å². The number of carbonyl (C=O) groups excluding carboxylic acids is 1. The number of allylic oxidation sites excluding steroid dienone is 1. The van der Waals surface area contributed by atoms with E-state index in [0.29, 0.717) is 11.3 Å². The summed E-state index contributed by atoms with van der Waals surface area (Å²) >= 11 is 1.47. The lowest BCUT2D eigenvalue weighted by Crippen LogP contribution is -2.19. The van der Waals surface area contributed by atoms with Crippen LogP contribution in [0.15, 0.2) is 35.4 Å². The fourth-order valence-electron chi connectivity index (χ4n) is 1.22. The third kappa shape index (κ3) is 3.10. The first-order valence-corrected chi connectivity index (χ1v) is 6.05. The molecule has 1 aromatic rings. The van der Waals surface area contributed by atoms with Crippen molar-refractivity contribution in [3.8, 4) is 0 Å².